The van der Waals surface area contributed by atoms with Crippen LogP contribution in [-0.2, 0) is 6.42 Å². The zero-order valence-corrected chi connectivity index (χ0v) is 15.5. The molecule has 2 aromatic carbocycles. The van der Waals surface area contributed by atoms with Crippen LogP contribution >= 0.6 is 0 Å². The lowest BCUT2D eigenvalue weighted by Gasteiger charge is -2.16. The van der Waals surface area contributed by atoms with Gasteiger partial charge in [-0.2, -0.15) is 0 Å². The third-order valence-electron chi connectivity index (χ3n) is 4.18. The largest absolute Gasteiger partial charge is 0.494 e. The summed E-state index contributed by atoms with van der Waals surface area (Å²) in [6.07, 6.45) is 0.336. The Labute approximate surface area is 155 Å². The maximum absolute atomic E-state index is 14.0. The Bertz CT molecular complexity index is 995. The van der Waals surface area contributed by atoms with Crippen molar-refractivity contribution < 1.29 is 23.3 Å². The highest BCUT2D eigenvalue weighted by molar-refractivity contribution is 5.92. The van der Waals surface area contributed by atoms with Crippen molar-refractivity contribution in [3.8, 4) is 23.0 Å². The van der Waals surface area contributed by atoms with Gasteiger partial charge >= 0.3 is 0 Å². The van der Waals surface area contributed by atoms with Crippen molar-refractivity contribution in [2.45, 2.75) is 6.42 Å². The molecule has 0 saturated heterocycles. The van der Waals surface area contributed by atoms with E-state index < -0.39 is 5.82 Å². The van der Waals surface area contributed by atoms with Gasteiger partial charge in [0.05, 0.1) is 34.1 Å². The van der Waals surface area contributed by atoms with Gasteiger partial charge in [-0.15, -0.1) is 0 Å². The number of nitrogen functional groups attached to an aromatic ring is 1. The number of hydrogen-bond acceptors (Lipinski definition) is 7. The molecule has 0 amide bonds. The second-order valence-corrected chi connectivity index (χ2v) is 5.72. The topological polar surface area (TPSA) is 88.7 Å². The molecule has 27 heavy (non-hydrogen) atoms. The first kappa shape index (κ1) is 18.5. The molecule has 2 N–H and O–H groups in total. The summed E-state index contributed by atoms with van der Waals surface area (Å²) in [5.41, 5.74) is 7.71. The number of benzene rings is 2. The van der Waals surface area contributed by atoms with Crippen molar-refractivity contribution in [1.82, 2.24) is 9.97 Å². The Kier molecular flexibility index (Phi) is 5.16. The van der Waals surface area contributed by atoms with Gasteiger partial charge in [0.25, 0.3) is 0 Å². The van der Waals surface area contributed by atoms with E-state index in [0.29, 0.717) is 45.8 Å². The number of halogens is 1. The molecule has 0 saturated carbocycles. The van der Waals surface area contributed by atoms with Gasteiger partial charge < -0.3 is 24.7 Å². The minimum absolute atomic E-state index is 0.0806. The lowest BCUT2D eigenvalue weighted by molar-refractivity contribution is 0.327. The molecule has 1 heterocycles. The fourth-order valence-electron chi connectivity index (χ4n) is 2.96. The number of fused-ring (bicyclic) bond motifs is 1. The van der Waals surface area contributed by atoms with Gasteiger partial charge in [-0.25, -0.2) is 14.4 Å². The first-order valence-electron chi connectivity index (χ1n) is 8.09. The summed E-state index contributed by atoms with van der Waals surface area (Å²) in [5, 5.41) is 0.676. The number of nitrogens with zero attached hydrogens (tertiary/aromatic N) is 2. The van der Waals surface area contributed by atoms with Crippen LogP contribution in [-0.4, -0.2) is 38.4 Å². The summed E-state index contributed by atoms with van der Waals surface area (Å²) in [4.78, 5) is 8.63. The summed E-state index contributed by atoms with van der Waals surface area (Å²) >= 11 is 0. The summed E-state index contributed by atoms with van der Waals surface area (Å²) in [7, 11) is 5.97. The molecular weight excluding hydrogens is 353 g/mol. The van der Waals surface area contributed by atoms with E-state index in [-0.39, 0.29) is 11.7 Å². The number of aromatic nitrogens is 2. The number of anilines is 1. The SMILES string of the molecule is COc1ccc(Cc2nc(N)nc3c(OC)c(OC)c(OC)cc23)cc1F. The molecular formula is C19H20FN3O4. The Morgan fingerprint density at radius 1 is 0.889 bits per heavy atom. The maximum atomic E-state index is 14.0. The minimum atomic E-state index is -0.446. The average molecular weight is 373 g/mol. The van der Waals surface area contributed by atoms with E-state index in [1.807, 2.05) is 0 Å². The van der Waals surface area contributed by atoms with Gasteiger partial charge in [0, 0.05) is 11.8 Å². The molecule has 0 fully saturated rings. The first-order chi connectivity index (χ1) is 13.0. The zero-order valence-electron chi connectivity index (χ0n) is 15.5. The van der Waals surface area contributed by atoms with E-state index in [1.54, 1.807) is 18.2 Å². The summed E-state index contributed by atoms with van der Waals surface area (Å²) in [5.74, 6) is 1.08. The Morgan fingerprint density at radius 2 is 1.59 bits per heavy atom. The second kappa shape index (κ2) is 7.53. The molecule has 0 radical (unpaired) electrons. The maximum Gasteiger partial charge on any atom is 0.220 e. The minimum Gasteiger partial charge on any atom is -0.494 e. The van der Waals surface area contributed by atoms with Crippen LogP contribution in [0.15, 0.2) is 24.3 Å². The Balaban J connectivity index is 2.19. The smallest absolute Gasteiger partial charge is 0.220 e. The van der Waals surface area contributed by atoms with E-state index in [1.165, 1.54) is 34.5 Å². The van der Waals surface area contributed by atoms with Crippen LogP contribution in [0.1, 0.15) is 11.3 Å². The predicted molar refractivity (Wildman–Crippen MR) is 99.4 cm³/mol. The van der Waals surface area contributed by atoms with E-state index in [4.69, 9.17) is 24.7 Å². The zero-order chi connectivity index (χ0) is 19.6. The molecule has 0 aliphatic carbocycles. The van der Waals surface area contributed by atoms with Crippen molar-refractivity contribution in [3.05, 3.63) is 41.3 Å². The highest BCUT2D eigenvalue weighted by Gasteiger charge is 2.20. The first-order valence-corrected chi connectivity index (χ1v) is 8.09. The summed E-state index contributed by atoms with van der Waals surface area (Å²) < 4.78 is 35.3. The molecule has 0 unspecified atom stereocenters. The number of rotatable bonds is 6. The third kappa shape index (κ3) is 3.38. The van der Waals surface area contributed by atoms with Crippen molar-refractivity contribution in [1.29, 1.82) is 0 Å². The van der Waals surface area contributed by atoms with Gasteiger partial charge in [-0.1, -0.05) is 6.07 Å². The molecule has 0 aliphatic heterocycles. The fraction of sp³-hybridized carbons (Fsp3) is 0.263. The van der Waals surface area contributed by atoms with Crippen LogP contribution in [0.2, 0.25) is 0 Å². The van der Waals surface area contributed by atoms with Crippen LogP contribution < -0.4 is 24.7 Å². The molecule has 0 atom stereocenters. The van der Waals surface area contributed by atoms with Gasteiger partial charge in [-0.05, 0) is 23.8 Å². The number of hydrogen-bond donors (Lipinski definition) is 1. The molecule has 3 rings (SSSR count). The second-order valence-electron chi connectivity index (χ2n) is 5.72. The molecule has 7 nitrogen and oxygen atoms in total. The van der Waals surface area contributed by atoms with E-state index in [2.05, 4.69) is 9.97 Å². The quantitative estimate of drug-likeness (QED) is 0.710. The van der Waals surface area contributed by atoms with Crippen LogP contribution in [0, 0.1) is 5.82 Å². The van der Waals surface area contributed by atoms with Crippen LogP contribution in [0.5, 0.6) is 23.0 Å². The monoisotopic (exact) mass is 373 g/mol. The Hall–Kier alpha value is -3.29. The molecule has 3 aromatic rings. The molecule has 142 valence electrons. The number of methoxy groups -OCH3 is 4. The summed E-state index contributed by atoms with van der Waals surface area (Å²) in [6, 6.07) is 6.50. The molecule has 1 aromatic heterocycles. The van der Waals surface area contributed by atoms with Crippen LogP contribution in [0.25, 0.3) is 10.9 Å². The molecule has 0 aliphatic rings. The van der Waals surface area contributed by atoms with E-state index >= 15 is 0 Å². The lowest BCUT2D eigenvalue weighted by atomic mass is 10.0. The highest BCUT2D eigenvalue weighted by atomic mass is 19.1. The lowest BCUT2D eigenvalue weighted by Crippen LogP contribution is -2.05. The molecule has 0 bridgehead atoms. The predicted octanol–water partition coefficient (Wildman–Crippen LogP) is 2.98. The van der Waals surface area contributed by atoms with Gasteiger partial charge in [0.2, 0.25) is 11.7 Å². The van der Waals surface area contributed by atoms with E-state index in [0.717, 1.165) is 0 Å². The number of ether oxygens (including phenoxy) is 4. The summed E-state index contributed by atoms with van der Waals surface area (Å²) in [6.45, 7) is 0. The number of nitrogens with two attached hydrogens (primary N) is 1. The molecule has 0 spiro atoms. The standard InChI is InChI=1S/C19H20FN3O4/c1-24-14-6-5-10(7-12(14)20)8-13-11-9-15(25-2)17(26-3)18(27-4)16(11)23-19(21)22-13/h5-7,9H,8H2,1-4H3,(H2,21,22,23). The Morgan fingerprint density at radius 3 is 2.19 bits per heavy atom. The normalized spacial score (nSPS) is 10.7. The van der Waals surface area contributed by atoms with Crippen LogP contribution in [0.4, 0.5) is 10.3 Å². The fourth-order valence-corrected chi connectivity index (χ4v) is 2.96. The van der Waals surface area contributed by atoms with E-state index in [9.17, 15) is 4.39 Å². The van der Waals surface area contributed by atoms with Crippen molar-refractivity contribution >= 4 is 16.9 Å². The molecule has 8 heteroatoms. The van der Waals surface area contributed by atoms with Crippen molar-refractivity contribution in [2.75, 3.05) is 34.2 Å². The van der Waals surface area contributed by atoms with Gasteiger partial charge in [0.15, 0.2) is 23.1 Å². The highest BCUT2D eigenvalue weighted by Crippen LogP contribution is 2.43. The van der Waals surface area contributed by atoms with Crippen molar-refractivity contribution in [2.24, 2.45) is 0 Å². The van der Waals surface area contributed by atoms with Crippen molar-refractivity contribution in [3.63, 3.8) is 0 Å². The third-order valence-corrected chi connectivity index (χ3v) is 4.18. The van der Waals surface area contributed by atoms with Gasteiger partial charge in [-0.3, -0.25) is 0 Å². The average Bonchev–Trinajstić information content (AvgIpc) is 2.66. The van der Waals surface area contributed by atoms with Gasteiger partial charge in [0.1, 0.15) is 5.52 Å². The van der Waals surface area contributed by atoms with Crippen LogP contribution in [0.3, 0.4) is 0 Å².